The third-order valence-electron chi connectivity index (χ3n) is 9.30. The zero-order chi connectivity index (χ0) is 30.8. The van der Waals surface area contributed by atoms with Crippen molar-refractivity contribution in [2.75, 3.05) is 6.61 Å². The first-order chi connectivity index (χ1) is 21.4. The van der Waals surface area contributed by atoms with Crippen LogP contribution in [0.3, 0.4) is 0 Å². The summed E-state index contributed by atoms with van der Waals surface area (Å²) in [5.74, 6) is 0.517. The van der Waals surface area contributed by atoms with E-state index < -0.39 is 9.84 Å². The summed E-state index contributed by atoms with van der Waals surface area (Å²) in [5, 5.41) is 6.89. The van der Waals surface area contributed by atoms with E-state index in [4.69, 9.17) is 4.74 Å². The summed E-state index contributed by atoms with van der Waals surface area (Å²) >= 11 is 0. The highest BCUT2D eigenvalue weighted by molar-refractivity contribution is 7.91. The summed E-state index contributed by atoms with van der Waals surface area (Å²) < 4.78 is 32.0. The van der Waals surface area contributed by atoms with Gasteiger partial charge in [0.25, 0.3) is 5.91 Å². The highest BCUT2D eigenvalue weighted by Crippen LogP contribution is 2.33. The monoisotopic (exact) mass is 619 g/mol. The predicted molar refractivity (Wildman–Crippen MR) is 175 cm³/mol. The van der Waals surface area contributed by atoms with Crippen LogP contribution >= 0.6 is 0 Å². The number of ether oxygens (including phenoxy) is 1. The Kier molecular flexibility index (Phi) is 11.2. The Hall–Kier alpha value is -3.10. The van der Waals surface area contributed by atoms with Crippen LogP contribution in [-0.4, -0.2) is 31.5 Å². The number of fused-ring (bicyclic) bond motifs is 1. The zero-order valence-corrected chi connectivity index (χ0v) is 27.1. The molecule has 1 aromatic heterocycles. The number of H-pyrrole nitrogens is 1. The predicted octanol–water partition coefficient (Wildman–Crippen LogP) is 7.65. The van der Waals surface area contributed by atoms with Crippen LogP contribution in [-0.2, 0) is 29.3 Å². The first kappa shape index (κ1) is 32.3. The zero-order valence-electron chi connectivity index (χ0n) is 26.3. The fourth-order valence-corrected chi connectivity index (χ4v) is 7.81. The molecule has 8 heteroatoms. The fraction of sp³-hybridized carbons (Fsp3) is 0.528. The van der Waals surface area contributed by atoms with Crippen LogP contribution in [0.25, 0.3) is 0 Å². The van der Waals surface area contributed by atoms with E-state index in [0.717, 1.165) is 31.4 Å². The molecule has 1 aliphatic carbocycles. The molecule has 0 unspecified atom stereocenters. The average Bonchev–Trinajstić information content (AvgIpc) is 3.46. The largest absolute Gasteiger partial charge is 0.494 e. The van der Waals surface area contributed by atoms with Gasteiger partial charge in [-0.05, 0) is 72.9 Å². The Labute approximate surface area is 263 Å². The van der Waals surface area contributed by atoms with Gasteiger partial charge >= 0.3 is 0 Å². The molecule has 238 valence electrons. The minimum atomic E-state index is -3.65. The number of rotatable bonds is 9. The summed E-state index contributed by atoms with van der Waals surface area (Å²) in [7, 11) is -3.65. The molecule has 1 fully saturated rings. The van der Waals surface area contributed by atoms with E-state index in [1.807, 2.05) is 6.07 Å². The van der Waals surface area contributed by atoms with Crippen molar-refractivity contribution in [3.05, 3.63) is 77.1 Å². The molecule has 1 saturated carbocycles. The summed E-state index contributed by atoms with van der Waals surface area (Å²) in [6.07, 6.45) is 17.3. The molecule has 0 radical (unpaired) electrons. The van der Waals surface area contributed by atoms with Crippen molar-refractivity contribution in [2.45, 2.75) is 125 Å². The third-order valence-corrected chi connectivity index (χ3v) is 11.1. The maximum atomic E-state index is 13.2. The minimum Gasteiger partial charge on any atom is -0.494 e. The lowest BCUT2D eigenvalue weighted by Crippen LogP contribution is -2.49. The molecule has 5 rings (SSSR count). The van der Waals surface area contributed by atoms with Crippen LogP contribution in [0.15, 0.2) is 64.4 Å². The molecule has 1 amide bonds. The van der Waals surface area contributed by atoms with Gasteiger partial charge in [0.1, 0.15) is 11.4 Å². The second-order valence-corrected chi connectivity index (χ2v) is 14.6. The van der Waals surface area contributed by atoms with Gasteiger partial charge in [0, 0.05) is 30.7 Å². The van der Waals surface area contributed by atoms with E-state index in [-0.39, 0.29) is 21.2 Å². The highest BCUT2D eigenvalue weighted by Gasteiger charge is 2.34. The number of nitrogens with one attached hydrogen (secondary N) is 3. The molecule has 2 aliphatic rings. The highest BCUT2D eigenvalue weighted by atomic mass is 32.2. The van der Waals surface area contributed by atoms with E-state index in [1.54, 1.807) is 48.5 Å². The van der Waals surface area contributed by atoms with E-state index in [1.165, 1.54) is 81.9 Å². The van der Waals surface area contributed by atoms with E-state index in [0.29, 0.717) is 24.6 Å². The van der Waals surface area contributed by atoms with Crippen molar-refractivity contribution >= 4 is 15.7 Å². The van der Waals surface area contributed by atoms with Crippen LogP contribution in [0.1, 0.15) is 118 Å². The number of unbranched alkanes of at least 4 members (excludes halogenated alkanes) is 1. The number of carbonyl (C=O) groups is 1. The quantitative estimate of drug-likeness (QED) is 0.214. The molecule has 44 heavy (non-hydrogen) atoms. The van der Waals surface area contributed by atoms with Crippen molar-refractivity contribution in [3.63, 3.8) is 0 Å². The van der Waals surface area contributed by atoms with Gasteiger partial charge in [0.2, 0.25) is 9.84 Å². The number of aromatic nitrogens is 1. The number of sulfone groups is 1. The molecule has 1 spiro atoms. The first-order valence-electron chi connectivity index (χ1n) is 16.7. The molecule has 0 atom stereocenters. The maximum Gasteiger partial charge on any atom is 0.267 e. The van der Waals surface area contributed by atoms with Crippen LogP contribution < -0.4 is 15.4 Å². The van der Waals surface area contributed by atoms with Crippen molar-refractivity contribution in [1.82, 2.24) is 15.6 Å². The van der Waals surface area contributed by atoms with Gasteiger partial charge in [-0.15, -0.1) is 0 Å². The van der Waals surface area contributed by atoms with Gasteiger partial charge in [-0.2, -0.15) is 0 Å². The molecule has 3 N–H and O–H groups in total. The van der Waals surface area contributed by atoms with E-state index in [9.17, 15) is 13.2 Å². The third kappa shape index (κ3) is 8.33. The van der Waals surface area contributed by atoms with Crippen molar-refractivity contribution < 1.29 is 17.9 Å². The number of hydrogen-bond acceptors (Lipinski definition) is 5. The Bertz CT molecular complexity index is 1450. The van der Waals surface area contributed by atoms with Crippen LogP contribution in [0.5, 0.6) is 5.75 Å². The Morgan fingerprint density at radius 1 is 0.864 bits per heavy atom. The standard InChI is InChI=1S/C36H49N3O4S/c1-2-3-23-43-30-15-19-32(20-16-30)44(41,42)31-17-13-28(14-18-31)26-37-35(40)33-24-29-27-38-36(25-34(29)39-33)21-11-9-7-5-4-6-8-10-12-22-36/h13-20,24,38-39H,2-12,21-23,25-27H2,1H3,(H,37,40). The van der Waals surface area contributed by atoms with Crippen LogP contribution in [0.2, 0.25) is 0 Å². The number of carbonyl (C=O) groups excluding carboxylic acids is 1. The number of amides is 1. The number of aromatic amines is 1. The molecule has 7 nitrogen and oxygen atoms in total. The molecule has 0 saturated heterocycles. The summed E-state index contributed by atoms with van der Waals surface area (Å²) in [6, 6.07) is 15.3. The summed E-state index contributed by atoms with van der Waals surface area (Å²) in [6.45, 7) is 3.82. The van der Waals surface area contributed by atoms with Gasteiger partial charge in [0.05, 0.1) is 16.4 Å². The summed E-state index contributed by atoms with van der Waals surface area (Å²) in [5.41, 5.74) is 3.92. The van der Waals surface area contributed by atoms with Crippen molar-refractivity contribution in [3.8, 4) is 5.75 Å². The molecule has 3 aromatic rings. The smallest absolute Gasteiger partial charge is 0.267 e. The van der Waals surface area contributed by atoms with Crippen LogP contribution in [0, 0.1) is 0 Å². The number of hydrogen-bond donors (Lipinski definition) is 3. The van der Waals surface area contributed by atoms with E-state index >= 15 is 0 Å². The van der Waals surface area contributed by atoms with E-state index in [2.05, 4.69) is 22.5 Å². The van der Waals surface area contributed by atoms with Crippen molar-refractivity contribution in [2.24, 2.45) is 0 Å². The van der Waals surface area contributed by atoms with Crippen LogP contribution in [0.4, 0.5) is 0 Å². The Morgan fingerprint density at radius 3 is 2.07 bits per heavy atom. The molecule has 2 aromatic carbocycles. The Morgan fingerprint density at radius 2 is 1.45 bits per heavy atom. The molecular formula is C36H49N3O4S. The molecule has 0 bridgehead atoms. The molecule has 2 heterocycles. The van der Waals surface area contributed by atoms with Gasteiger partial charge in [0.15, 0.2) is 0 Å². The first-order valence-corrected chi connectivity index (χ1v) is 18.2. The second kappa shape index (κ2) is 15.3. The van der Waals surface area contributed by atoms with Gasteiger partial charge < -0.3 is 20.4 Å². The normalized spacial score (nSPS) is 17.7. The molecular weight excluding hydrogens is 570 g/mol. The van der Waals surface area contributed by atoms with Gasteiger partial charge in [-0.25, -0.2) is 8.42 Å². The minimum absolute atomic E-state index is 0.122. The van der Waals surface area contributed by atoms with Crippen molar-refractivity contribution in [1.29, 1.82) is 0 Å². The lowest BCUT2D eigenvalue weighted by Gasteiger charge is -2.39. The lowest BCUT2D eigenvalue weighted by molar-refractivity contribution is 0.0946. The number of benzene rings is 2. The van der Waals surface area contributed by atoms with Gasteiger partial charge in [-0.3, -0.25) is 4.79 Å². The van der Waals surface area contributed by atoms with Gasteiger partial charge in [-0.1, -0.05) is 83.3 Å². The Balaban J connectivity index is 1.16. The summed E-state index contributed by atoms with van der Waals surface area (Å²) in [4.78, 5) is 17.0. The maximum absolute atomic E-state index is 13.2. The fourth-order valence-electron chi connectivity index (χ4n) is 6.55. The SMILES string of the molecule is CCCCOc1ccc(S(=O)(=O)c2ccc(CNC(=O)c3cc4c([nH]3)CC3(CCCCCCCCCCC3)NC4)cc2)cc1. The average molecular weight is 620 g/mol. The lowest BCUT2D eigenvalue weighted by atomic mass is 9.79. The topological polar surface area (TPSA) is 100 Å². The second-order valence-electron chi connectivity index (χ2n) is 12.7. The molecule has 1 aliphatic heterocycles.